The van der Waals surface area contributed by atoms with Crippen molar-refractivity contribution < 1.29 is 8.94 Å². The minimum atomic E-state index is 0.0922. The average Bonchev–Trinajstić information content (AvgIpc) is 3.32. The van der Waals surface area contributed by atoms with Gasteiger partial charge in [0.1, 0.15) is 0 Å². The van der Waals surface area contributed by atoms with Gasteiger partial charge in [0, 0.05) is 38.7 Å². The second-order valence-corrected chi connectivity index (χ2v) is 6.53. The molecule has 0 aliphatic carbocycles. The van der Waals surface area contributed by atoms with Gasteiger partial charge in [0.15, 0.2) is 5.82 Å². The van der Waals surface area contributed by atoms with Crippen LogP contribution >= 0.6 is 0 Å². The van der Waals surface area contributed by atoms with Gasteiger partial charge in [0.25, 0.3) is 0 Å². The molecule has 1 aliphatic heterocycles. The molecule has 0 saturated carbocycles. The summed E-state index contributed by atoms with van der Waals surface area (Å²) in [7, 11) is 0. The minimum absolute atomic E-state index is 0.0922. The smallest absolute Gasteiger partial charge is 0.247 e. The second kappa shape index (κ2) is 7.35. The van der Waals surface area contributed by atoms with Gasteiger partial charge in [-0.05, 0) is 19.1 Å². The summed E-state index contributed by atoms with van der Waals surface area (Å²) in [5.74, 6) is 2.58. The maximum Gasteiger partial charge on any atom is 0.247 e. The van der Waals surface area contributed by atoms with E-state index in [-0.39, 0.29) is 6.04 Å². The Bertz CT molecular complexity index is 838. The zero-order valence-electron chi connectivity index (χ0n) is 15.0. The van der Waals surface area contributed by atoms with E-state index in [2.05, 4.69) is 37.1 Å². The molecular weight excluding hydrogens is 332 g/mol. The molecule has 3 heterocycles. The van der Waals surface area contributed by atoms with Crippen LogP contribution in [-0.4, -0.2) is 56.3 Å². The predicted octanol–water partition coefficient (Wildman–Crippen LogP) is 2.31. The number of piperazine rings is 1. The van der Waals surface area contributed by atoms with Gasteiger partial charge >= 0.3 is 0 Å². The molecule has 1 saturated heterocycles. The number of hydrogen-bond acceptors (Lipinski definition) is 8. The molecule has 1 fully saturated rings. The van der Waals surface area contributed by atoms with E-state index in [4.69, 9.17) is 8.94 Å². The number of aromatic nitrogens is 4. The van der Waals surface area contributed by atoms with Crippen LogP contribution in [0.3, 0.4) is 0 Å². The maximum absolute atomic E-state index is 5.90. The van der Waals surface area contributed by atoms with Crippen molar-refractivity contribution in [1.29, 1.82) is 0 Å². The number of rotatable bonds is 5. The monoisotopic (exact) mass is 354 g/mol. The van der Waals surface area contributed by atoms with E-state index >= 15 is 0 Å². The van der Waals surface area contributed by atoms with Crippen molar-refractivity contribution in [2.75, 3.05) is 26.2 Å². The van der Waals surface area contributed by atoms with Crippen LogP contribution in [0.5, 0.6) is 0 Å². The van der Waals surface area contributed by atoms with Crippen LogP contribution in [0, 0.1) is 6.92 Å². The van der Waals surface area contributed by atoms with Gasteiger partial charge in [-0.3, -0.25) is 9.80 Å². The van der Waals surface area contributed by atoms with Crippen LogP contribution in [0.25, 0.3) is 11.5 Å². The molecule has 8 heteroatoms. The van der Waals surface area contributed by atoms with Crippen LogP contribution in [0.1, 0.15) is 30.6 Å². The van der Waals surface area contributed by atoms with Gasteiger partial charge in [0.2, 0.25) is 17.7 Å². The lowest BCUT2D eigenvalue weighted by Crippen LogP contribution is -2.46. The second-order valence-electron chi connectivity index (χ2n) is 6.53. The Labute approximate surface area is 151 Å². The van der Waals surface area contributed by atoms with Gasteiger partial charge < -0.3 is 8.94 Å². The van der Waals surface area contributed by atoms with Crippen molar-refractivity contribution in [2.24, 2.45) is 0 Å². The van der Waals surface area contributed by atoms with Crippen molar-refractivity contribution in [3.05, 3.63) is 47.9 Å². The lowest BCUT2D eigenvalue weighted by Gasteiger charge is -2.36. The summed E-state index contributed by atoms with van der Waals surface area (Å²) < 4.78 is 10.9. The summed E-state index contributed by atoms with van der Waals surface area (Å²) in [5, 5.41) is 12.4. The van der Waals surface area contributed by atoms with E-state index in [1.54, 1.807) is 0 Å². The molecule has 3 aromatic rings. The number of nitrogens with zero attached hydrogens (tertiary/aromatic N) is 6. The molecule has 136 valence electrons. The Morgan fingerprint density at radius 3 is 2.54 bits per heavy atom. The lowest BCUT2D eigenvalue weighted by molar-refractivity contribution is 0.0857. The van der Waals surface area contributed by atoms with Crippen LogP contribution in [0.4, 0.5) is 0 Å². The summed E-state index contributed by atoms with van der Waals surface area (Å²) >= 11 is 0. The van der Waals surface area contributed by atoms with Crippen LogP contribution < -0.4 is 0 Å². The third-order valence-electron chi connectivity index (χ3n) is 4.71. The maximum atomic E-state index is 5.90. The van der Waals surface area contributed by atoms with E-state index in [9.17, 15) is 0 Å². The Hall–Kier alpha value is -2.58. The molecule has 0 radical (unpaired) electrons. The molecule has 0 bridgehead atoms. The van der Waals surface area contributed by atoms with E-state index in [1.165, 1.54) is 0 Å². The van der Waals surface area contributed by atoms with Gasteiger partial charge in [0.05, 0.1) is 12.6 Å². The molecule has 0 amide bonds. The largest absolute Gasteiger partial charge is 0.419 e. The topological polar surface area (TPSA) is 84.3 Å². The Morgan fingerprint density at radius 1 is 1.08 bits per heavy atom. The molecule has 1 aliphatic rings. The van der Waals surface area contributed by atoms with Crippen molar-refractivity contribution in [3.8, 4) is 11.5 Å². The first kappa shape index (κ1) is 16.9. The third kappa shape index (κ3) is 3.66. The minimum Gasteiger partial charge on any atom is -0.419 e. The van der Waals surface area contributed by atoms with E-state index < -0.39 is 0 Å². The van der Waals surface area contributed by atoms with Crippen LogP contribution in [-0.2, 0) is 6.54 Å². The lowest BCUT2D eigenvalue weighted by atomic mass is 10.2. The zero-order chi connectivity index (χ0) is 17.9. The predicted molar refractivity (Wildman–Crippen MR) is 94.0 cm³/mol. The molecule has 0 N–H and O–H groups in total. The molecule has 1 aromatic carbocycles. The van der Waals surface area contributed by atoms with E-state index in [0.29, 0.717) is 17.7 Å². The first-order valence-electron chi connectivity index (χ1n) is 8.83. The molecule has 2 aromatic heterocycles. The van der Waals surface area contributed by atoms with Gasteiger partial charge in [-0.1, -0.05) is 23.4 Å². The van der Waals surface area contributed by atoms with Crippen LogP contribution in [0.15, 0.2) is 39.3 Å². The Balaban J connectivity index is 1.35. The fraction of sp³-hybridized carbons (Fsp3) is 0.444. The van der Waals surface area contributed by atoms with Gasteiger partial charge in [-0.25, -0.2) is 0 Å². The number of aryl methyl sites for hydroxylation is 1. The van der Waals surface area contributed by atoms with Gasteiger partial charge in [-0.15, -0.1) is 10.2 Å². The fourth-order valence-corrected chi connectivity index (χ4v) is 3.17. The molecule has 26 heavy (non-hydrogen) atoms. The quantitative estimate of drug-likeness (QED) is 0.690. The van der Waals surface area contributed by atoms with Gasteiger partial charge in [-0.2, -0.15) is 4.98 Å². The van der Waals surface area contributed by atoms with E-state index in [0.717, 1.165) is 44.1 Å². The van der Waals surface area contributed by atoms with Crippen molar-refractivity contribution >= 4 is 0 Å². The SMILES string of the molecule is Cc1nc(CN2CCN([C@@H](C)c3nnc(-c4ccccc4)o3)CC2)no1. The third-order valence-corrected chi connectivity index (χ3v) is 4.71. The molecular formula is C18H22N6O2. The summed E-state index contributed by atoms with van der Waals surface area (Å²) in [4.78, 5) is 8.96. The summed E-state index contributed by atoms with van der Waals surface area (Å²) in [6.45, 7) is 8.39. The fourth-order valence-electron chi connectivity index (χ4n) is 3.17. The number of hydrogen-bond donors (Lipinski definition) is 0. The Kier molecular flexibility index (Phi) is 4.77. The van der Waals surface area contributed by atoms with Crippen LogP contribution in [0.2, 0.25) is 0 Å². The highest BCUT2D eigenvalue weighted by Crippen LogP contribution is 2.24. The molecule has 1 atom stereocenters. The Morgan fingerprint density at radius 2 is 1.85 bits per heavy atom. The standard InChI is InChI=1S/C18H22N6O2/c1-13(17-20-21-18(25-17)15-6-4-3-5-7-15)24-10-8-23(9-11-24)12-16-19-14(2)26-22-16/h3-7,13H,8-12H2,1-2H3/t13-/m0/s1. The van der Waals surface area contributed by atoms with Crippen molar-refractivity contribution in [2.45, 2.75) is 26.4 Å². The number of benzene rings is 1. The highest BCUT2D eigenvalue weighted by Gasteiger charge is 2.26. The van der Waals surface area contributed by atoms with Crippen molar-refractivity contribution in [1.82, 2.24) is 30.1 Å². The van der Waals surface area contributed by atoms with Crippen molar-refractivity contribution in [3.63, 3.8) is 0 Å². The average molecular weight is 354 g/mol. The first-order chi connectivity index (χ1) is 12.7. The normalized spacial score (nSPS) is 17.5. The molecule has 4 rings (SSSR count). The molecule has 0 spiro atoms. The molecule has 8 nitrogen and oxygen atoms in total. The first-order valence-corrected chi connectivity index (χ1v) is 8.83. The summed E-state index contributed by atoms with van der Waals surface area (Å²) in [5.41, 5.74) is 0.943. The highest BCUT2D eigenvalue weighted by atomic mass is 16.5. The zero-order valence-corrected chi connectivity index (χ0v) is 15.0. The summed E-state index contributed by atoms with van der Waals surface area (Å²) in [6, 6.07) is 9.94. The summed E-state index contributed by atoms with van der Waals surface area (Å²) in [6.07, 6.45) is 0. The highest BCUT2D eigenvalue weighted by molar-refractivity contribution is 5.51. The molecule has 0 unspecified atom stereocenters. The van der Waals surface area contributed by atoms with E-state index in [1.807, 2.05) is 37.3 Å².